The van der Waals surface area contributed by atoms with E-state index in [1.807, 2.05) is 0 Å². The summed E-state index contributed by atoms with van der Waals surface area (Å²) in [7, 11) is 4.42. The molecule has 1 atom stereocenters. The maximum absolute atomic E-state index is 14.7. The second-order valence-electron chi connectivity index (χ2n) is 7.16. The van der Waals surface area contributed by atoms with Gasteiger partial charge in [0.05, 0.1) is 38.4 Å². The fraction of sp³-hybridized carbons (Fsp3) is 0.217. The lowest BCUT2D eigenvalue weighted by atomic mass is 9.87. The van der Waals surface area contributed by atoms with E-state index in [2.05, 4.69) is 5.32 Å². The van der Waals surface area contributed by atoms with Gasteiger partial charge in [0.15, 0.2) is 11.5 Å². The fourth-order valence-corrected chi connectivity index (χ4v) is 4.13. The molecule has 0 unspecified atom stereocenters. The van der Waals surface area contributed by atoms with Crippen LogP contribution in [0.3, 0.4) is 0 Å². The zero-order valence-corrected chi connectivity index (χ0v) is 17.6. The number of rotatable bonds is 6. The lowest BCUT2D eigenvalue weighted by Crippen LogP contribution is -2.26. The van der Waals surface area contributed by atoms with E-state index in [1.54, 1.807) is 30.3 Å². The summed E-state index contributed by atoms with van der Waals surface area (Å²) >= 11 is 0. The van der Waals surface area contributed by atoms with Crippen molar-refractivity contribution in [1.82, 2.24) is 4.57 Å². The van der Waals surface area contributed by atoms with E-state index >= 15 is 0 Å². The maximum atomic E-state index is 14.7. The van der Waals surface area contributed by atoms with E-state index in [9.17, 15) is 19.1 Å². The monoisotopic (exact) mass is 440 g/mol. The summed E-state index contributed by atoms with van der Waals surface area (Å²) in [6.07, 6.45) is 1.31. The van der Waals surface area contributed by atoms with E-state index in [0.29, 0.717) is 28.5 Å². The number of halogens is 1. The average molecular weight is 440 g/mol. The molecule has 2 heterocycles. The summed E-state index contributed by atoms with van der Waals surface area (Å²) in [6.45, 7) is 0. The van der Waals surface area contributed by atoms with E-state index in [1.165, 1.54) is 38.2 Å². The number of ether oxygens (including phenoxy) is 3. The van der Waals surface area contributed by atoms with Crippen molar-refractivity contribution in [2.45, 2.75) is 12.3 Å². The molecule has 2 N–H and O–H groups in total. The van der Waals surface area contributed by atoms with Gasteiger partial charge in [-0.2, -0.15) is 0 Å². The molecule has 4 rings (SSSR count). The van der Waals surface area contributed by atoms with Gasteiger partial charge < -0.3 is 29.2 Å². The number of carbonyl (C=O) groups excluding carboxylic acids is 1. The number of hydrogen-bond donors (Lipinski definition) is 2. The first-order valence-electron chi connectivity index (χ1n) is 9.73. The van der Waals surface area contributed by atoms with Crippen molar-refractivity contribution in [3.63, 3.8) is 0 Å². The molecular formula is C23H21FN2O6. The largest absolute Gasteiger partial charge is 0.493 e. The van der Waals surface area contributed by atoms with Gasteiger partial charge in [-0.1, -0.05) is 18.2 Å². The van der Waals surface area contributed by atoms with Crippen molar-refractivity contribution in [2.24, 2.45) is 0 Å². The van der Waals surface area contributed by atoms with Crippen LogP contribution in [0.4, 0.5) is 10.1 Å². The third kappa shape index (κ3) is 3.31. The smallest absolute Gasteiger partial charge is 0.339 e. The number of fused-ring (bicyclic) bond motifs is 1. The topological polar surface area (TPSA) is 99.0 Å². The van der Waals surface area contributed by atoms with Crippen molar-refractivity contribution in [2.75, 3.05) is 26.6 Å². The highest BCUT2D eigenvalue weighted by Gasteiger charge is 2.37. The molecular weight excluding hydrogens is 419 g/mol. The lowest BCUT2D eigenvalue weighted by Gasteiger charge is -2.28. The lowest BCUT2D eigenvalue weighted by molar-refractivity contribution is -0.116. The van der Waals surface area contributed by atoms with Gasteiger partial charge in [0.1, 0.15) is 11.4 Å². The summed E-state index contributed by atoms with van der Waals surface area (Å²) in [5.41, 5.74) is 1.16. The van der Waals surface area contributed by atoms with E-state index in [0.717, 1.165) is 0 Å². The summed E-state index contributed by atoms with van der Waals surface area (Å²) in [4.78, 5) is 24.5. The third-order valence-corrected chi connectivity index (χ3v) is 5.48. The molecule has 0 bridgehead atoms. The zero-order chi connectivity index (χ0) is 23.0. The van der Waals surface area contributed by atoms with Crippen LogP contribution in [-0.2, 0) is 4.79 Å². The van der Waals surface area contributed by atoms with Gasteiger partial charge in [0, 0.05) is 24.1 Å². The molecule has 9 heteroatoms. The Balaban J connectivity index is 2.03. The van der Waals surface area contributed by atoms with Crippen LogP contribution in [0.15, 0.2) is 42.6 Å². The van der Waals surface area contributed by atoms with Crippen molar-refractivity contribution in [1.29, 1.82) is 0 Å². The number of nitrogens with zero attached hydrogens (tertiary/aromatic N) is 1. The highest BCUT2D eigenvalue weighted by molar-refractivity contribution is 6.04. The number of carbonyl (C=O) groups is 2. The Morgan fingerprint density at radius 1 is 1.09 bits per heavy atom. The number of carboxylic acids is 1. The maximum Gasteiger partial charge on any atom is 0.339 e. The van der Waals surface area contributed by atoms with Crippen LogP contribution in [-0.4, -0.2) is 42.9 Å². The Morgan fingerprint density at radius 3 is 2.44 bits per heavy atom. The molecule has 3 aromatic rings. The molecule has 1 amide bonds. The minimum atomic E-state index is -1.24. The number of para-hydroxylation sites is 1. The highest BCUT2D eigenvalue weighted by atomic mass is 19.1. The molecule has 0 saturated heterocycles. The molecule has 0 radical (unpaired) electrons. The predicted octanol–water partition coefficient (Wildman–Crippen LogP) is 3.81. The van der Waals surface area contributed by atoms with Crippen LogP contribution < -0.4 is 19.5 Å². The summed E-state index contributed by atoms with van der Waals surface area (Å²) in [5, 5.41) is 12.4. The number of amides is 1. The Kier molecular flexibility index (Phi) is 5.48. The highest BCUT2D eigenvalue weighted by Crippen LogP contribution is 2.49. The molecule has 1 aliphatic rings. The number of carboxylic acid groups (broad SMARTS) is 1. The predicted molar refractivity (Wildman–Crippen MR) is 114 cm³/mol. The van der Waals surface area contributed by atoms with E-state index < -0.39 is 17.7 Å². The van der Waals surface area contributed by atoms with E-state index in [4.69, 9.17) is 14.2 Å². The number of aromatic carboxylic acids is 1. The molecule has 0 spiro atoms. The number of nitrogens with one attached hydrogen (secondary N) is 1. The van der Waals surface area contributed by atoms with Crippen molar-refractivity contribution >= 4 is 17.6 Å². The molecule has 0 saturated carbocycles. The van der Waals surface area contributed by atoms with Crippen LogP contribution in [0, 0.1) is 5.82 Å². The van der Waals surface area contributed by atoms with Crippen LogP contribution in [0.2, 0.25) is 0 Å². The molecule has 1 aliphatic heterocycles. The van der Waals surface area contributed by atoms with Crippen LogP contribution in [0.25, 0.3) is 5.69 Å². The van der Waals surface area contributed by atoms with Gasteiger partial charge in [-0.15, -0.1) is 0 Å². The Labute approximate surface area is 183 Å². The molecule has 32 heavy (non-hydrogen) atoms. The number of anilines is 1. The fourth-order valence-electron chi connectivity index (χ4n) is 4.13. The molecule has 166 valence electrons. The van der Waals surface area contributed by atoms with Gasteiger partial charge >= 0.3 is 5.97 Å². The van der Waals surface area contributed by atoms with Gasteiger partial charge in [0.25, 0.3) is 0 Å². The van der Waals surface area contributed by atoms with Crippen molar-refractivity contribution < 1.29 is 33.3 Å². The summed E-state index contributed by atoms with van der Waals surface area (Å²) in [5.74, 6) is -1.66. The normalized spacial score (nSPS) is 15.0. The first-order valence-corrected chi connectivity index (χ1v) is 9.73. The van der Waals surface area contributed by atoms with Crippen LogP contribution >= 0.6 is 0 Å². The quantitative estimate of drug-likeness (QED) is 0.605. The van der Waals surface area contributed by atoms with Crippen molar-refractivity contribution in [3.8, 4) is 22.9 Å². The zero-order valence-electron chi connectivity index (χ0n) is 17.6. The number of hydrogen-bond acceptors (Lipinski definition) is 5. The Morgan fingerprint density at radius 2 is 1.81 bits per heavy atom. The number of aromatic nitrogens is 1. The first kappa shape index (κ1) is 21.2. The summed E-state index contributed by atoms with van der Waals surface area (Å²) in [6, 6.07) is 9.43. The first-order chi connectivity index (χ1) is 15.4. The molecule has 1 aromatic heterocycles. The van der Waals surface area contributed by atoms with Gasteiger partial charge in [-0.05, 0) is 18.2 Å². The Hall–Kier alpha value is -4.01. The second-order valence-corrected chi connectivity index (χ2v) is 7.16. The standard InChI is InChI=1S/C23H21FN2O6/c1-30-17-9-8-12(21(31-2)22(17)32-3)13-10-18(27)25-19-14(23(28)29)11-26(20(13)19)16-7-5-4-6-15(16)24/h4-9,11,13H,10H2,1-3H3,(H,25,27)(H,28,29)/t13-/m1/s1. The van der Waals surface area contributed by atoms with Gasteiger partial charge in [-0.25, -0.2) is 9.18 Å². The molecule has 0 aliphatic carbocycles. The van der Waals surface area contributed by atoms with Gasteiger partial charge in [0.2, 0.25) is 11.7 Å². The number of benzene rings is 2. The average Bonchev–Trinajstić information content (AvgIpc) is 3.17. The van der Waals surface area contributed by atoms with E-state index in [-0.39, 0.29) is 29.3 Å². The molecule has 0 fully saturated rings. The summed E-state index contributed by atoms with van der Waals surface area (Å²) < 4.78 is 32.6. The molecule has 8 nitrogen and oxygen atoms in total. The Bertz CT molecular complexity index is 1220. The minimum Gasteiger partial charge on any atom is -0.493 e. The SMILES string of the molecule is COc1ccc([C@H]2CC(=O)Nc3c(C(=O)O)cn(-c4ccccc4F)c32)c(OC)c1OC. The van der Waals surface area contributed by atoms with Crippen molar-refractivity contribution in [3.05, 3.63) is 65.2 Å². The van der Waals surface area contributed by atoms with Gasteiger partial charge in [-0.3, -0.25) is 4.79 Å². The number of methoxy groups -OCH3 is 3. The van der Waals surface area contributed by atoms with Crippen LogP contribution in [0.5, 0.6) is 17.2 Å². The minimum absolute atomic E-state index is 0.00360. The third-order valence-electron chi connectivity index (χ3n) is 5.48. The van der Waals surface area contributed by atoms with Crippen LogP contribution in [0.1, 0.15) is 34.0 Å². The molecule has 2 aromatic carbocycles. The second kappa shape index (κ2) is 8.26.